The number of pyridine rings is 1. The summed E-state index contributed by atoms with van der Waals surface area (Å²) in [5.41, 5.74) is 3.68. The maximum absolute atomic E-state index is 13.8. The van der Waals surface area contributed by atoms with Gasteiger partial charge in [0.15, 0.2) is 0 Å². The molecule has 1 aliphatic heterocycles. The largest absolute Gasteiger partial charge is 0.371 e. The molecular formula is C30H32ClFN4O2. The molecule has 5 rings (SSSR count). The van der Waals surface area contributed by atoms with Crippen LogP contribution < -0.4 is 10.2 Å². The van der Waals surface area contributed by atoms with Crippen molar-refractivity contribution in [2.45, 2.75) is 50.6 Å². The van der Waals surface area contributed by atoms with Gasteiger partial charge >= 0.3 is 0 Å². The number of benzene rings is 2. The third-order valence-electron chi connectivity index (χ3n) is 7.96. The van der Waals surface area contributed by atoms with Gasteiger partial charge < -0.3 is 15.1 Å². The number of carbonyl (C=O) groups excluding carboxylic acids is 2. The van der Waals surface area contributed by atoms with Crippen LogP contribution in [0.3, 0.4) is 0 Å². The summed E-state index contributed by atoms with van der Waals surface area (Å²) in [4.78, 5) is 34.8. The second-order valence-electron chi connectivity index (χ2n) is 10.9. The number of nitrogens with one attached hydrogen (secondary N) is 1. The highest BCUT2D eigenvalue weighted by atomic mass is 35.5. The molecule has 0 bridgehead atoms. The highest BCUT2D eigenvalue weighted by Crippen LogP contribution is 2.45. The standard InChI is InChI=1S/C30H32ClFN4O2/c1-30(2)18-27(34-28(37)24-17-20(32)5-7-26(24)31)23-16-19(4-6-25(23)30)29(38)35(3)21-10-14-36(15-11-21)22-8-12-33-13-9-22/h4-9,12-13,16-17,21,27H,10-11,14-15,18H2,1-3H3,(H,34,37). The van der Waals surface area contributed by atoms with Gasteiger partial charge in [0, 0.05) is 49.8 Å². The molecule has 1 fully saturated rings. The third kappa shape index (κ3) is 5.12. The van der Waals surface area contributed by atoms with Crippen molar-refractivity contribution in [1.82, 2.24) is 15.2 Å². The van der Waals surface area contributed by atoms with E-state index in [4.69, 9.17) is 11.6 Å². The molecule has 38 heavy (non-hydrogen) atoms. The number of piperidine rings is 1. The summed E-state index contributed by atoms with van der Waals surface area (Å²) >= 11 is 6.17. The Bertz CT molecular complexity index is 1360. The maximum Gasteiger partial charge on any atom is 0.253 e. The van der Waals surface area contributed by atoms with E-state index < -0.39 is 11.7 Å². The Morgan fingerprint density at radius 3 is 2.50 bits per heavy atom. The number of anilines is 1. The van der Waals surface area contributed by atoms with E-state index in [0.29, 0.717) is 12.0 Å². The lowest BCUT2D eigenvalue weighted by molar-refractivity contribution is 0.0709. The molecule has 0 saturated carbocycles. The number of aromatic nitrogens is 1. The first-order valence-electron chi connectivity index (χ1n) is 13.0. The molecule has 1 N–H and O–H groups in total. The second-order valence-corrected chi connectivity index (χ2v) is 11.3. The molecule has 6 nitrogen and oxygen atoms in total. The van der Waals surface area contributed by atoms with Gasteiger partial charge in [-0.1, -0.05) is 31.5 Å². The lowest BCUT2D eigenvalue weighted by atomic mass is 9.86. The molecule has 1 unspecified atom stereocenters. The van der Waals surface area contributed by atoms with Crippen LogP contribution >= 0.6 is 11.6 Å². The monoisotopic (exact) mass is 534 g/mol. The van der Waals surface area contributed by atoms with Crippen LogP contribution in [0.2, 0.25) is 5.02 Å². The summed E-state index contributed by atoms with van der Waals surface area (Å²) in [5.74, 6) is -0.981. The van der Waals surface area contributed by atoms with Gasteiger partial charge in [-0.2, -0.15) is 0 Å². The number of nitrogens with zero attached hydrogens (tertiary/aromatic N) is 3. The summed E-state index contributed by atoms with van der Waals surface area (Å²) in [7, 11) is 1.87. The molecule has 1 aromatic heterocycles. The summed E-state index contributed by atoms with van der Waals surface area (Å²) in [6, 6.07) is 13.4. The molecular weight excluding hydrogens is 503 g/mol. The first-order chi connectivity index (χ1) is 18.1. The summed E-state index contributed by atoms with van der Waals surface area (Å²) in [6.07, 6.45) is 6.04. The lowest BCUT2D eigenvalue weighted by Gasteiger charge is -2.38. The second kappa shape index (κ2) is 10.4. The van der Waals surface area contributed by atoms with Crippen LogP contribution in [0.4, 0.5) is 10.1 Å². The SMILES string of the molecule is CN(C(=O)c1ccc2c(c1)C(NC(=O)c1cc(F)ccc1Cl)CC2(C)C)C1CCN(c2ccncc2)CC1. The number of amides is 2. The number of hydrogen-bond acceptors (Lipinski definition) is 4. The smallest absolute Gasteiger partial charge is 0.253 e. The zero-order chi connectivity index (χ0) is 27.0. The zero-order valence-corrected chi connectivity index (χ0v) is 22.6. The van der Waals surface area contributed by atoms with Crippen molar-refractivity contribution in [3.8, 4) is 0 Å². The molecule has 198 valence electrons. The van der Waals surface area contributed by atoms with Crippen molar-refractivity contribution in [2.75, 3.05) is 25.0 Å². The number of carbonyl (C=O) groups is 2. The van der Waals surface area contributed by atoms with Gasteiger partial charge in [0.05, 0.1) is 16.6 Å². The van der Waals surface area contributed by atoms with Gasteiger partial charge in [0.25, 0.3) is 11.8 Å². The Hall–Kier alpha value is -3.45. The lowest BCUT2D eigenvalue weighted by Crippen LogP contribution is -2.45. The van der Waals surface area contributed by atoms with Gasteiger partial charge in [-0.3, -0.25) is 14.6 Å². The average molecular weight is 535 g/mol. The Kier molecular flexibility index (Phi) is 7.14. The van der Waals surface area contributed by atoms with Crippen molar-refractivity contribution in [3.63, 3.8) is 0 Å². The predicted molar refractivity (Wildman–Crippen MR) is 147 cm³/mol. The molecule has 2 aliphatic rings. The van der Waals surface area contributed by atoms with Crippen molar-refractivity contribution < 1.29 is 14.0 Å². The van der Waals surface area contributed by atoms with E-state index in [0.717, 1.165) is 48.8 Å². The van der Waals surface area contributed by atoms with Crippen LogP contribution in [0.25, 0.3) is 0 Å². The number of hydrogen-bond donors (Lipinski definition) is 1. The van der Waals surface area contributed by atoms with E-state index >= 15 is 0 Å². The quantitative estimate of drug-likeness (QED) is 0.451. The Balaban J connectivity index is 1.31. The Morgan fingerprint density at radius 2 is 1.79 bits per heavy atom. The molecule has 1 saturated heterocycles. The van der Waals surface area contributed by atoms with Crippen molar-refractivity contribution in [3.05, 3.63) is 94.0 Å². The summed E-state index contributed by atoms with van der Waals surface area (Å²) in [6.45, 7) is 6.00. The number of fused-ring (bicyclic) bond motifs is 1. The van der Waals surface area contributed by atoms with Gasteiger partial charge in [0.1, 0.15) is 5.82 Å². The van der Waals surface area contributed by atoms with E-state index in [9.17, 15) is 14.0 Å². The number of halogens is 2. The van der Waals surface area contributed by atoms with Crippen LogP contribution in [0, 0.1) is 5.82 Å². The average Bonchev–Trinajstić information content (AvgIpc) is 3.18. The predicted octanol–water partition coefficient (Wildman–Crippen LogP) is 5.77. The third-order valence-corrected chi connectivity index (χ3v) is 8.29. The van der Waals surface area contributed by atoms with Gasteiger partial charge in [-0.05, 0) is 78.3 Å². The fourth-order valence-corrected chi connectivity index (χ4v) is 6.01. The first kappa shape index (κ1) is 26.2. The molecule has 2 amide bonds. The molecule has 0 radical (unpaired) electrons. The maximum atomic E-state index is 13.8. The van der Waals surface area contributed by atoms with E-state index in [1.165, 1.54) is 12.1 Å². The van der Waals surface area contributed by atoms with Crippen LogP contribution in [0.1, 0.15) is 71.0 Å². The minimum Gasteiger partial charge on any atom is -0.371 e. The molecule has 3 aromatic rings. The Morgan fingerprint density at radius 1 is 1.08 bits per heavy atom. The van der Waals surface area contributed by atoms with Gasteiger partial charge in [-0.15, -0.1) is 0 Å². The van der Waals surface area contributed by atoms with Crippen LogP contribution in [-0.4, -0.2) is 47.9 Å². The minimum absolute atomic E-state index is 0.0295. The van der Waals surface area contributed by atoms with E-state index in [-0.39, 0.29) is 34.0 Å². The van der Waals surface area contributed by atoms with E-state index in [1.807, 2.05) is 42.3 Å². The fraction of sp³-hybridized carbons (Fsp3) is 0.367. The van der Waals surface area contributed by atoms with E-state index in [2.05, 4.69) is 29.0 Å². The molecule has 0 spiro atoms. The number of rotatable bonds is 5. The molecule has 8 heteroatoms. The van der Waals surface area contributed by atoms with Crippen LogP contribution in [0.5, 0.6) is 0 Å². The molecule has 1 atom stereocenters. The summed E-state index contributed by atoms with van der Waals surface area (Å²) < 4.78 is 13.8. The van der Waals surface area contributed by atoms with Gasteiger partial charge in [-0.25, -0.2) is 4.39 Å². The van der Waals surface area contributed by atoms with Gasteiger partial charge in [0.2, 0.25) is 0 Å². The Labute approximate surface area is 227 Å². The highest BCUT2D eigenvalue weighted by molar-refractivity contribution is 6.33. The highest BCUT2D eigenvalue weighted by Gasteiger charge is 2.38. The minimum atomic E-state index is -0.519. The fourth-order valence-electron chi connectivity index (χ4n) is 5.80. The molecule has 1 aliphatic carbocycles. The topological polar surface area (TPSA) is 65.5 Å². The van der Waals surface area contributed by atoms with Crippen LogP contribution in [-0.2, 0) is 5.41 Å². The first-order valence-corrected chi connectivity index (χ1v) is 13.3. The summed E-state index contributed by atoms with van der Waals surface area (Å²) in [5, 5.41) is 3.23. The molecule has 2 heterocycles. The van der Waals surface area contributed by atoms with E-state index in [1.54, 1.807) is 12.4 Å². The van der Waals surface area contributed by atoms with Crippen molar-refractivity contribution >= 4 is 29.1 Å². The molecule has 2 aromatic carbocycles. The normalized spacial score (nSPS) is 18.7. The van der Waals surface area contributed by atoms with Crippen molar-refractivity contribution in [2.24, 2.45) is 0 Å². The van der Waals surface area contributed by atoms with Crippen molar-refractivity contribution in [1.29, 1.82) is 0 Å². The van der Waals surface area contributed by atoms with Crippen LogP contribution in [0.15, 0.2) is 60.9 Å². The zero-order valence-electron chi connectivity index (χ0n) is 21.9.